The first-order chi connectivity index (χ1) is 12.0. The van der Waals surface area contributed by atoms with Crippen molar-refractivity contribution in [2.24, 2.45) is 5.92 Å². The van der Waals surface area contributed by atoms with Gasteiger partial charge in [0.1, 0.15) is 6.54 Å². The van der Waals surface area contributed by atoms with Gasteiger partial charge in [-0.05, 0) is 56.0 Å². The van der Waals surface area contributed by atoms with Crippen molar-refractivity contribution in [1.82, 2.24) is 4.57 Å². The minimum atomic E-state index is -0.202. The SMILES string of the molecule is Cc1cccn(CC(=O)Nc2ccc(N3CCC(C)CC3)cc2)c1=O. The van der Waals surface area contributed by atoms with Crippen LogP contribution in [-0.2, 0) is 11.3 Å². The van der Waals surface area contributed by atoms with Crippen LogP contribution < -0.4 is 15.8 Å². The number of anilines is 2. The van der Waals surface area contributed by atoms with Gasteiger partial charge in [-0.2, -0.15) is 0 Å². The lowest BCUT2D eigenvalue weighted by molar-refractivity contribution is -0.116. The molecule has 0 unspecified atom stereocenters. The molecule has 1 amide bonds. The van der Waals surface area contributed by atoms with Crippen LogP contribution in [0.5, 0.6) is 0 Å². The summed E-state index contributed by atoms with van der Waals surface area (Å²) in [5, 5.41) is 2.86. The monoisotopic (exact) mass is 339 g/mol. The predicted molar refractivity (Wildman–Crippen MR) is 101 cm³/mol. The molecule has 25 heavy (non-hydrogen) atoms. The van der Waals surface area contributed by atoms with E-state index >= 15 is 0 Å². The number of nitrogens with zero attached hydrogens (tertiary/aromatic N) is 2. The molecule has 0 aliphatic carbocycles. The van der Waals surface area contributed by atoms with Gasteiger partial charge in [0.25, 0.3) is 5.56 Å². The molecule has 3 rings (SSSR count). The molecule has 0 bridgehead atoms. The molecule has 5 heteroatoms. The van der Waals surface area contributed by atoms with Crippen LogP contribution in [0.4, 0.5) is 11.4 Å². The fourth-order valence-electron chi connectivity index (χ4n) is 3.16. The Balaban J connectivity index is 1.60. The highest BCUT2D eigenvalue weighted by atomic mass is 16.2. The van der Waals surface area contributed by atoms with Crippen LogP contribution in [-0.4, -0.2) is 23.6 Å². The summed E-state index contributed by atoms with van der Waals surface area (Å²) >= 11 is 0. The number of benzene rings is 1. The second-order valence-electron chi connectivity index (χ2n) is 6.89. The number of aryl methyl sites for hydroxylation is 1. The van der Waals surface area contributed by atoms with Crippen molar-refractivity contribution in [1.29, 1.82) is 0 Å². The van der Waals surface area contributed by atoms with Crippen LogP contribution >= 0.6 is 0 Å². The third-order valence-corrected chi connectivity index (χ3v) is 4.82. The van der Waals surface area contributed by atoms with E-state index < -0.39 is 0 Å². The second kappa shape index (κ2) is 7.55. The van der Waals surface area contributed by atoms with Gasteiger partial charge in [-0.15, -0.1) is 0 Å². The van der Waals surface area contributed by atoms with Crippen LogP contribution in [0.3, 0.4) is 0 Å². The summed E-state index contributed by atoms with van der Waals surface area (Å²) in [5.41, 5.74) is 2.45. The average Bonchev–Trinajstić information content (AvgIpc) is 2.60. The van der Waals surface area contributed by atoms with Gasteiger partial charge in [0, 0.05) is 36.2 Å². The van der Waals surface area contributed by atoms with E-state index in [2.05, 4.69) is 17.1 Å². The summed E-state index contributed by atoms with van der Waals surface area (Å²) in [7, 11) is 0. The first-order valence-corrected chi connectivity index (χ1v) is 8.84. The zero-order chi connectivity index (χ0) is 17.8. The highest BCUT2D eigenvalue weighted by Gasteiger charge is 2.16. The van der Waals surface area contributed by atoms with Crippen LogP contribution in [0, 0.1) is 12.8 Å². The third-order valence-electron chi connectivity index (χ3n) is 4.82. The average molecular weight is 339 g/mol. The summed E-state index contributed by atoms with van der Waals surface area (Å²) < 4.78 is 1.42. The van der Waals surface area contributed by atoms with E-state index in [9.17, 15) is 9.59 Å². The highest BCUT2D eigenvalue weighted by Crippen LogP contribution is 2.24. The van der Waals surface area contributed by atoms with Gasteiger partial charge in [0.15, 0.2) is 0 Å². The molecule has 1 N–H and O–H groups in total. The van der Waals surface area contributed by atoms with E-state index in [4.69, 9.17) is 0 Å². The molecule has 0 spiro atoms. The van der Waals surface area contributed by atoms with Gasteiger partial charge in [-0.1, -0.05) is 13.0 Å². The fourth-order valence-corrected chi connectivity index (χ4v) is 3.16. The molecule has 2 heterocycles. The highest BCUT2D eigenvalue weighted by molar-refractivity contribution is 5.90. The number of hydrogen-bond donors (Lipinski definition) is 1. The maximum atomic E-state index is 12.2. The molecular weight excluding hydrogens is 314 g/mol. The van der Waals surface area contributed by atoms with Crippen molar-refractivity contribution >= 4 is 17.3 Å². The van der Waals surface area contributed by atoms with Gasteiger partial charge in [-0.25, -0.2) is 0 Å². The Bertz CT molecular complexity index is 787. The Labute approximate surface area is 148 Å². The Morgan fingerprint density at radius 3 is 2.52 bits per heavy atom. The number of pyridine rings is 1. The van der Waals surface area contributed by atoms with Crippen molar-refractivity contribution in [3.8, 4) is 0 Å². The molecule has 1 fully saturated rings. The predicted octanol–water partition coefficient (Wildman–Crippen LogP) is 3.03. The molecule has 1 aliphatic heterocycles. The number of hydrogen-bond acceptors (Lipinski definition) is 3. The number of carbonyl (C=O) groups is 1. The molecule has 1 aromatic heterocycles. The van der Waals surface area contributed by atoms with E-state index in [0.29, 0.717) is 5.56 Å². The molecule has 1 aromatic carbocycles. The first kappa shape index (κ1) is 17.3. The van der Waals surface area contributed by atoms with Gasteiger partial charge >= 0.3 is 0 Å². The standard InChI is InChI=1S/C20H25N3O2/c1-15-9-12-22(13-10-15)18-7-5-17(6-8-18)21-19(24)14-23-11-3-4-16(2)20(23)25/h3-8,11,15H,9-10,12-14H2,1-2H3,(H,21,24). The van der Waals surface area contributed by atoms with Crippen molar-refractivity contribution < 1.29 is 4.79 Å². The molecule has 5 nitrogen and oxygen atoms in total. The topological polar surface area (TPSA) is 54.3 Å². The van der Waals surface area contributed by atoms with Gasteiger partial charge in [-0.3, -0.25) is 9.59 Å². The fraction of sp³-hybridized carbons (Fsp3) is 0.400. The molecule has 1 saturated heterocycles. The second-order valence-corrected chi connectivity index (χ2v) is 6.89. The van der Waals surface area contributed by atoms with E-state index in [-0.39, 0.29) is 18.0 Å². The third kappa shape index (κ3) is 4.29. The van der Waals surface area contributed by atoms with Gasteiger partial charge in [0.2, 0.25) is 5.91 Å². The summed E-state index contributed by atoms with van der Waals surface area (Å²) in [6, 6.07) is 11.5. The lowest BCUT2D eigenvalue weighted by atomic mass is 9.99. The quantitative estimate of drug-likeness (QED) is 0.931. The maximum absolute atomic E-state index is 12.2. The number of amides is 1. The van der Waals surface area contributed by atoms with Crippen LogP contribution in [0.25, 0.3) is 0 Å². The molecule has 2 aromatic rings. The van der Waals surface area contributed by atoms with Crippen molar-refractivity contribution in [2.45, 2.75) is 33.2 Å². The Morgan fingerprint density at radius 2 is 1.84 bits per heavy atom. The van der Waals surface area contributed by atoms with Crippen LogP contribution in [0.2, 0.25) is 0 Å². The smallest absolute Gasteiger partial charge is 0.253 e. The Kier molecular flexibility index (Phi) is 5.22. The normalized spacial score (nSPS) is 15.2. The maximum Gasteiger partial charge on any atom is 0.253 e. The van der Waals surface area contributed by atoms with Crippen LogP contribution in [0.15, 0.2) is 47.4 Å². The summed E-state index contributed by atoms with van der Waals surface area (Å²) in [6.45, 7) is 6.24. The number of aromatic nitrogens is 1. The molecular formula is C20H25N3O2. The summed E-state index contributed by atoms with van der Waals surface area (Å²) in [4.78, 5) is 26.6. The van der Waals surface area contributed by atoms with Crippen molar-refractivity contribution in [3.05, 3.63) is 58.5 Å². The minimum Gasteiger partial charge on any atom is -0.372 e. The molecule has 1 aliphatic rings. The van der Waals surface area contributed by atoms with Crippen molar-refractivity contribution in [2.75, 3.05) is 23.3 Å². The van der Waals surface area contributed by atoms with E-state index in [0.717, 1.165) is 24.7 Å². The first-order valence-electron chi connectivity index (χ1n) is 8.84. The molecule has 0 saturated carbocycles. The molecule has 132 valence electrons. The lowest BCUT2D eigenvalue weighted by Crippen LogP contribution is -2.32. The molecule has 0 radical (unpaired) electrons. The van der Waals surface area contributed by atoms with Crippen molar-refractivity contribution in [3.63, 3.8) is 0 Å². The zero-order valence-corrected chi connectivity index (χ0v) is 14.9. The number of rotatable bonds is 4. The largest absolute Gasteiger partial charge is 0.372 e. The summed E-state index contributed by atoms with van der Waals surface area (Å²) in [5.74, 6) is 0.604. The van der Waals surface area contributed by atoms with Crippen LogP contribution in [0.1, 0.15) is 25.3 Å². The number of carbonyl (C=O) groups excluding carboxylic acids is 1. The van der Waals surface area contributed by atoms with E-state index in [1.54, 1.807) is 25.3 Å². The van der Waals surface area contributed by atoms with Gasteiger partial charge in [0.05, 0.1) is 0 Å². The minimum absolute atomic E-state index is 0.0201. The number of nitrogens with one attached hydrogen (secondary N) is 1. The van der Waals surface area contributed by atoms with E-state index in [1.807, 2.05) is 24.3 Å². The Morgan fingerprint density at radius 1 is 1.16 bits per heavy atom. The summed E-state index contributed by atoms with van der Waals surface area (Å²) in [6.07, 6.45) is 4.09. The van der Waals surface area contributed by atoms with E-state index in [1.165, 1.54) is 23.1 Å². The number of piperidine rings is 1. The Hall–Kier alpha value is -2.56. The molecule has 0 atom stereocenters. The zero-order valence-electron chi connectivity index (χ0n) is 14.9. The van der Waals surface area contributed by atoms with Gasteiger partial charge < -0.3 is 14.8 Å². The lowest BCUT2D eigenvalue weighted by Gasteiger charge is -2.32.